The second-order valence-corrected chi connectivity index (χ2v) is 20.3. The number of benzene rings is 6. The quantitative estimate of drug-likeness (QED) is 0.0883. The zero-order chi connectivity index (χ0) is 32.3. The summed E-state index contributed by atoms with van der Waals surface area (Å²) >= 11 is 5.75. The first kappa shape index (κ1) is 32.2. The molecule has 0 aromatic heterocycles. The molecule has 9 rings (SSSR count). The van der Waals surface area contributed by atoms with Gasteiger partial charge < -0.3 is 0 Å². The first-order valence-corrected chi connectivity index (χ1v) is 23.1. The van der Waals surface area contributed by atoms with Gasteiger partial charge in [-0.05, 0) is 72.8 Å². The maximum atomic E-state index is 19.2. The summed E-state index contributed by atoms with van der Waals surface area (Å²) in [6.45, 7) is 0. The summed E-state index contributed by atoms with van der Waals surface area (Å²) in [7, 11) is -4.74. The van der Waals surface area contributed by atoms with Crippen LogP contribution in [0.4, 0.5) is 4.11 Å². The first-order chi connectivity index (χ1) is 23.7. The molecule has 2 bridgehead atoms. The highest BCUT2D eigenvalue weighted by atomic mass is 32.2. The lowest BCUT2D eigenvalue weighted by Gasteiger charge is -2.31. The number of fused-ring (bicyclic) bond motifs is 6. The summed E-state index contributed by atoms with van der Waals surface area (Å²) in [4.78, 5) is 0. The van der Waals surface area contributed by atoms with Gasteiger partial charge in [0.05, 0.1) is 0 Å². The van der Waals surface area contributed by atoms with Gasteiger partial charge >= 0.3 is 8.41 Å². The molecule has 0 saturated carbocycles. The van der Waals surface area contributed by atoms with Crippen LogP contribution in [-0.2, 0) is 34.5 Å². The van der Waals surface area contributed by atoms with Crippen LogP contribution in [-0.4, -0.2) is 8.41 Å². The summed E-state index contributed by atoms with van der Waals surface area (Å²) in [6, 6.07) is 52.6. The molecule has 238 valence electrons. The van der Waals surface area contributed by atoms with Crippen LogP contribution in [0.15, 0.2) is 146 Å². The van der Waals surface area contributed by atoms with Crippen molar-refractivity contribution in [3.63, 3.8) is 0 Å². The predicted octanol–water partition coefficient (Wildman–Crippen LogP) is 8.31. The second-order valence-electron chi connectivity index (χ2n) is 12.3. The number of hydrogen-bond acceptors (Lipinski definition) is 3. The molecule has 0 unspecified atom stereocenters. The summed E-state index contributed by atoms with van der Waals surface area (Å²) in [5, 5.41) is 7.01. The molecule has 3 aliphatic rings. The SMILES string of the molecule is F[Si]12c3ccccc3CSCc3ccccc3P(c3ccccc3CSCc3ccccc31)c1ccccc1CSCc1ccccc12. The van der Waals surface area contributed by atoms with Gasteiger partial charge in [-0.15, -0.1) is 0 Å². The Balaban J connectivity index is 1.43. The zero-order valence-electron chi connectivity index (χ0n) is 26.6. The van der Waals surface area contributed by atoms with Crippen molar-refractivity contribution in [2.45, 2.75) is 34.5 Å². The third-order valence-corrected chi connectivity index (χ3v) is 18.9. The molecule has 6 aromatic rings. The smallest absolute Gasteiger partial charge is 0.296 e. The van der Waals surface area contributed by atoms with Crippen molar-refractivity contribution in [2.24, 2.45) is 0 Å². The molecule has 6 aromatic carbocycles. The van der Waals surface area contributed by atoms with E-state index < -0.39 is 16.3 Å². The molecule has 6 heteroatoms. The monoisotopic (exact) mass is 714 g/mol. The fourth-order valence-corrected chi connectivity index (χ4v) is 17.5. The highest BCUT2D eigenvalue weighted by Gasteiger charge is 2.45. The van der Waals surface area contributed by atoms with Crippen molar-refractivity contribution in [1.29, 1.82) is 0 Å². The van der Waals surface area contributed by atoms with E-state index in [0.717, 1.165) is 66.8 Å². The van der Waals surface area contributed by atoms with Crippen LogP contribution < -0.4 is 31.5 Å². The van der Waals surface area contributed by atoms with Crippen LogP contribution in [0.25, 0.3) is 0 Å². The van der Waals surface area contributed by atoms with E-state index in [2.05, 4.69) is 127 Å². The number of hydrogen-bond donors (Lipinski definition) is 0. The largest absolute Gasteiger partial charge is 0.340 e. The first-order valence-electron chi connectivity index (χ1n) is 16.4. The van der Waals surface area contributed by atoms with Crippen molar-refractivity contribution < 1.29 is 4.11 Å². The van der Waals surface area contributed by atoms with Crippen LogP contribution in [0.5, 0.6) is 0 Å². The van der Waals surface area contributed by atoms with E-state index in [1.165, 1.54) is 32.6 Å². The minimum absolute atomic E-state index is 0.766. The number of rotatable bonds is 0. The molecule has 0 spiro atoms. The normalized spacial score (nSPS) is 19.3. The molecule has 0 atom stereocenters. The van der Waals surface area contributed by atoms with Gasteiger partial charge in [-0.25, -0.2) is 0 Å². The van der Waals surface area contributed by atoms with E-state index in [0.29, 0.717) is 0 Å². The molecule has 0 fully saturated rings. The van der Waals surface area contributed by atoms with Gasteiger partial charge in [0, 0.05) is 34.5 Å². The Labute approximate surface area is 298 Å². The highest BCUT2D eigenvalue weighted by molar-refractivity contribution is 7.98. The van der Waals surface area contributed by atoms with Gasteiger partial charge in [0.1, 0.15) is 0 Å². The van der Waals surface area contributed by atoms with Gasteiger partial charge in [-0.2, -0.15) is 35.3 Å². The molecule has 0 nitrogen and oxygen atoms in total. The molecule has 0 aliphatic carbocycles. The summed E-state index contributed by atoms with van der Waals surface area (Å²) < 4.78 is 19.2. The molecule has 3 heterocycles. The Morgan fingerprint density at radius 3 is 0.938 bits per heavy atom. The Bertz CT molecular complexity index is 1850. The maximum absolute atomic E-state index is 19.2. The highest BCUT2D eigenvalue weighted by Crippen LogP contribution is 2.40. The lowest BCUT2D eigenvalue weighted by Crippen LogP contribution is -2.66. The lowest BCUT2D eigenvalue weighted by molar-refractivity contribution is 0.839. The molecule has 48 heavy (non-hydrogen) atoms. The fourth-order valence-electron chi connectivity index (χ4n) is 7.14. The summed E-state index contributed by atoms with van der Waals surface area (Å²) in [6.07, 6.45) is 0. The molecule has 0 amide bonds. The molecular formula is C42H36FPS3Si. The van der Waals surface area contributed by atoms with E-state index in [1.54, 1.807) is 0 Å². The average Bonchev–Trinajstić information content (AvgIpc) is 3.13. The summed E-state index contributed by atoms with van der Waals surface area (Å²) in [5.74, 6) is 4.94. The van der Waals surface area contributed by atoms with Crippen LogP contribution in [0.3, 0.4) is 0 Å². The average molecular weight is 715 g/mol. The topological polar surface area (TPSA) is 0 Å². The van der Waals surface area contributed by atoms with Crippen LogP contribution in [0, 0.1) is 0 Å². The third-order valence-electron chi connectivity index (χ3n) is 9.41. The van der Waals surface area contributed by atoms with Crippen molar-refractivity contribution in [1.82, 2.24) is 0 Å². The van der Waals surface area contributed by atoms with Crippen molar-refractivity contribution in [3.05, 3.63) is 179 Å². The van der Waals surface area contributed by atoms with E-state index in [4.69, 9.17) is 0 Å². The minimum Gasteiger partial charge on any atom is -0.296 e. The Morgan fingerprint density at radius 1 is 0.354 bits per heavy atom. The Hall–Kier alpha value is -3.05. The predicted molar refractivity (Wildman–Crippen MR) is 215 cm³/mol. The molecule has 0 N–H and O–H groups in total. The van der Waals surface area contributed by atoms with Crippen LogP contribution in [0.2, 0.25) is 0 Å². The molecule has 0 saturated heterocycles. The van der Waals surface area contributed by atoms with E-state index in [1.807, 2.05) is 53.5 Å². The Morgan fingerprint density at radius 2 is 0.604 bits per heavy atom. The number of thioether (sulfide) groups is 3. The van der Waals surface area contributed by atoms with Crippen molar-refractivity contribution in [3.8, 4) is 0 Å². The molecule has 0 radical (unpaired) electrons. The van der Waals surface area contributed by atoms with Crippen LogP contribution >= 0.6 is 43.2 Å². The zero-order valence-corrected chi connectivity index (χ0v) is 31.0. The molecule has 3 aliphatic heterocycles. The van der Waals surface area contributed by atoms with Gasteiger partial charge in [0.25, 0.3) is 0 Å². The minimum atomic E-state index is -3.93. The molecular weight excluding hydrogens is 679 g/mol. The van der Waals surface area contributed by atoms with Crippen LogP contribution in [0.1, 0.15) is 33.4 Å². The van der Waals surface area contributed by atoms with Gasteiger partial charge in [-0.1, -0.05) is 146 Å². The number of halogens is 1. The lowest BCUT2D eigenvalue weighted by atomic mass is 10.2. The Kier molecular flexibility index (Phi) is 9.67. The van der Waals surface area contributed by atoms with E-state index in [9.17, 15) is 0 Å². The summed E-state index contributed by atoms with van der Waals surface area (Å²) in [5.41, 5.74) is 7.52. The van der Waals surface area contributed by atoms with Gasteiger partial charge in [0.2, 0.25) is 0 Å². The third kappa shape index (κ3) is 6.14. The van der Waals surface area contributed by atoms with E-state index >= 15 is 4.11 Å². The van der Waals surface area contributed by atoms with Gasteiger partial charge in [-0.3, -0.25) is 4.11 Å². The van der Waals surface area contributed by atoms with Crippen molar-refractivity contribution >= 4 is 83.1 Å². The standard InChI is InChI=1S/C42H36FPS3Si/c43-48-40-22-10-4-16-34(40)28-45-25-31-13-1-7-19-37(31)44(38-20-8-2-14-32(38)26-46-29-35-17-5-11-23-41(35)48)39-21-9-3-15-33(39)27-47-30-36-18-6-12-24-42(36)48/h1-24H,25-30H2. The maximum Gasteiger partial charge on any atom is 0.340 e. The van der Waals surface area contributed by atoms with E-state index in [-0.39, 0.29) is 0 Å². The second kappa shape index (κ2) is 14.4. The van der Waals surface area contributed by atoms with Crippen molar-refractivity contribution in [2.75, 3.05) is 0 Å². The van der Waals surface area contributed by atoms with Gasteiger partial charge in [0.15, 0.2) is 0 Å². The fraction of sp³-hybridized carbons (Fsp3) is 0.143.